The molecule has 1 heterocycles. The van der Waals surface area contributed by atoms with E-state index in [1.807, 2.05) is 18.2 Å². The third-order valence-corrected chi connectivity index (χ3v) is 3.19. The minimum Gasteiger partial charge on any atom is -0.397 e. The van der Waals surface area contributed by atoms with E-state index in [0.717, 1.165) is 22.3 Å². The van der Waals surface area contributed by atoms with Crippen molar-refractivity contribution < 1.29 is 0 Å². The van der Waals surface area contributed by atoms with E-state index in [2.05, 4.69) is 30.2 Å². The highest BCUT2D eigenvalue weighted by Crippen LogP contribution is 2.27. The van der Waals surface area contributed by atoms with Crippen molar-refractivity contribution in [1.29, 1.82) is 0 Å². The summed E-state index contributed by atoms with van der Waals surface area (Å²) >= 11 is 0. The highest BCUT2D eigenvalue weighted by molar-refractivity contribution is 5.98. The normalized spacial score (nSPS) is 12.6. The maximum atomic E-state index is 5.95. The smallest absolute Gasteiger partial charge is 0.0951 e. The topological polar surface area (TPSA) is 50.9 Å². The molecule has 1 aromatic heterocycles. The van der Waals surface area contributed by atoms with Gasteiger partial charge in [-0.1, -0.05) is 19.8 Å². The highest BCUT2D eigenvalue weighted by Gasteiger charge is 2.07. The molecule has 96 valence electrons. The van der Waals surface area contributed by atoms with Crippen LogP contribution in [0.3, 0.4) is 0 Å². The Bertz CT molecular complexity index is 522. The van der Waals surface area contributed by atoms with Gasteiger partial charge in [-0.25, -0.2) is 0 Å². The van der Waals surface area contributed by atoms with Crippen molar-refractivity contribution in [2.45, 2.75) is 39.2 Å². The number of nitrogens with two attached hydrogens (primary N) is 1. The third-order valence-electron chi connectivity index (χ3n) is 3.19. The van der Waals surface area contributed by atoms with Crippen LogP contribution in [0.5, 0.6) is 0 Å². The van der Waals surface area contributed by atoms with Gasteiger partial charge in [0, 0.05) is 23.3 Å². The zero-order chi connectivity index (χ0) is 13.0. The molecule has 0 saturated carbocycles. The fraction of sp³-hybridized carbons (Fsp3) is 0.400. The number of nitrogens with zero attached hydrogens (tertiary/aromatic N) is 1. The van der Waals surface area contributed by atoms with Gasteiger partial charge in [0.2, 0.25) is 0 Å². The Hall–Kier alpha value is -1.77. The minimum absolute atomic E-state index is 0.469. The molecule has 0 amide bonds. The van der Waals surface area contributed by atoms with E-state index in [-0.39, 0.29) is 0 Å². The molecule has 0 aliphatic rings. The zero-order valence-corrected chi connectivity index (χ0v) is 11.1. The minimum atomic E-state index is 0.469. The fourth-order valence-corrected chi connectivity index (χ4v) is 2.17. The first-order valence-corrected chi connectivity index (χ1v) is 6.62. The van der Waals surface area contributed by atoms with E-state index in [1.54, 1.807) is 6.20 Å². The molecule has 1 unspecified atom stereocenters. The average molecular weight is 243 g/mol. The number of rotatable bonds is 5. The number of hydrogen-bond donors (Lipinski definition) is 2. The van der Waals surface area contributed by atoms with Gasteiger partial charge in [-0.05, 0) is 37.6 Å². The number of aromatic nitrogens is 1. The lowest BCUT2D eigenvalue weighted by Crippen LogP contribution is -2.15. The van der Waals surface area contributed by atoms with Gasteiger partial charge in [-0.15, -0.1) is 0 Å². The van der Waals surface area contributed by atoms with Crippen LogP contribution in [0.1, 0.15) is 33.1 Å². The summed E-state index contributed by atoms with van der Waals surface area (Å²) in [6, 6.07) is 8.44. The van der Waals surface area contributed by atoms with Gasteiger partial charge in [0.25, 0.3) is 0 Å². The second kappa shape index (κ2) is 5.71. The van der Waals surface area contributed by atoms with Crippen LogP contribution in [0.25, 0.3) is 10.9 Å². The quantitative estimate of drug-likeness (QED) is 0.785. The summed E-state index contributed by atoms with van der Waals surface area (Å²) in [7, 11) is 0. The van der Waals surface area contributed by atoms with Crippen LogP contribution in [-0.4, -0.2) is 11.0 Å². The highest BCUT2D eigenvalue weighted by atomic mass is 14.9. The molecule has 0 aliphatic heterocycles. The largest absolute Gasteiger partial charge is 0.397 e. The van der Waals surface area contributed by atoms with E-state index in [9.17, 15) is 0 Å². The maximum absolute atomic E-state index is 5.95. The Labute approximate surface area is 108 Å². The Morgan fingerprint density at radius 1 is 1.33 bits per heavy atom. The van der Waals surface area contributed by atoms with Crippen molar-refractivity contribution in [3.05, 3.63) is 30.5 Å². The van der Waals surface area contributed by atoms with Crippen molar-refractivity contribution in [1.82, 2.24) is 4.98 Å². The third kappa shape index (κ3) is 2.73. The Balaban J connectivity index is 2.26. The number of pyridine rings is 1. The monoisotopic (exact) mass is 243 g/mol. The summed E-state index contributed by atoms with van der Waals surface area (Å²) in [5.74, 6) is 0. The van der Waals surface area contributed by atoms with Crippen LogP contribution in [-0.2, 0) is 0 Å². The first-order chi connectivity index (χ1) is 8.72. The number of nitrogen functional groups attached to an aromatic ring is 1. The summed E-state index contributed by atoms with van der Waals surface area (Å²) in [4.78, 5) is 4.35. The van der Waals surface area contributed by atoms with Crippen molar-refractivity contribution in [3.63, 3.8) is 0 Å². The van der Waals surface area contributed by atoms with Crippen LogP contribution in [0, 0.1) is 0 Å². The maximum Gasteiger partial charge on any atom is 0.0951 e. The molecule has 1 aromatic carbocycles. The molecule has 3 nitrogen and oxygen atoms in total. The summed E-state index contributed by atoms with van der Waals surface area (Å²) < 4.78 is 0. The Morgan fingerprint density at radius 3 is 2.94 bits per heavy atom. The predicted octanol–water partition coefficient (Wildman–Crippen LogP) is 3.81. The lowest BCUT2D eigenvalue weighted by molar-refractivity contribution is 0.645. The molecule has 3 heteroatoms. The van der Waals surface area contributed by atoms with E-state index in [0.29, 0.717) is 6.04 Å². The van der Waals surface area contributed by atoms with Gasteiger partial charge in [0.05, 0.1) is 11.2 Å². The van der Waals surface area contributed by atoms with Crippen molar-refractivity contribution >= 4 is 22.3 Å². The lowest BCUT2D eigenvalue weighted by Gasteiger charge is -2.17. The number of anilines is 2. The molecule has 0 saturated heterocycles. The van der Waals surface area contributed by atoms with E-state index in [4.69, 9.17) is 5.73 Å². The summed E-state index contributed by atoms with van der Waals surface area (Å²) in [5.41, 5.74) is 8.68. The number of fused-ring (bicyclic) bond motifs is 1. The van der Waals surface area contributed by atoms with Gasteiger partial charge >= 0.3 is 0 Å². The van der Waals surface area contributed by atoms with Crippen molar-refractivity contribution in [2.24, 2.45) is 0 Å². The van der Waals surface area contributed by atoms with Gasteiger partial charge < -0.3 is 11.1 Å². The van der Waals surface area contributed by atoms with E-state index >= 15 is 0 Å². The van der Waals surface area contributed by atoms with Crippen LogP contribution < -0.4 is 11.1 Å². The van der Waals surface area contributed by atoms with Crippen LogP contribution in [0.4, 0.5) is 11.4 Å². The first-order valence-electron chi connectivity index (χ1n) is 6.62. The van der Waals surface area contributed by atoms with Crippen LogP contribution in [0.15, 0.2) is 30.5 Å². The fourth-order valence-electron chi connectivity index (χ4n) is 2.17. The second-order valence-electron chi connectivity index (χ2n) is 4.79. The predicted molar refractivity (Wildman–Crippen MR) is 78.8 cm³/mol. The molecular formula is C15H21N3. The Morgan fingerprint density at radius 2 is 2.17 bits per heavy atom. The van der Waals surface area contributed by atoms with Crippen molar-refractivity contribution in [3.8, 4) is 0 Å². The van der Waals surface area contributed by atoms with Gasteiger partial charge in [0.1, 0.15) is 0 Å². The SMILES string of the molecule is CCCCC(C)Nc1ccc(N)c2ncccc12. The molecule has 2 rings (SSSR count). The van der Waals surface area contributed by atoms with Crippen LogP contribution in [0.2, 0.25) is 0 Å². The van der Waals surface area contributed by atoms with E-state index in [1.165, 1.54) is 19.3 Å². The molecule has 0 bridgehead atoms. The first kappa shape index (κ1) is 12.7. The summed E-state index contributed by atoms with van der Waals surface area (Å²) in [5, 5.41) is 4.65. The summed E-state index contributed by atoms with van der Waals surface area (Å²) in [6.07, 6.45) is 5.45. The lowest BCUT2D eigenvalue weighted by atomic mass is 10.1. The molecule has 18 heavy (non-hydrogen) atoms. The van der Waals surface area contributed by atoms with Gasteiger partial charge in [-0.3, -0.25) is 4.98 Å². The molecule has 0 fully saturated rings. The zero-order valence-electron chi connectivity index (χ0n) is 11.1. The van der Waals surface area contributed by atoms with E-state index < -0.39 is 0 Å². The number of benzene rings is 1. The molecule has 0 spiro atoms. The number of hydrogen-bond acceptors (Lipinski definition) is 3. The second-order valence-corrected chi connectivity index (χ2v) is 4.79. The molecule has 3 N–H and O–H groups in total. The molecule has 1 atom stereocenters. The average Bonchev–Trinajstić information content (AvgIpc) is 2.40. The number of unbranched alkanes of at least 4 members (excludes halogenated alkanes) is 1. The molecular weight excluding hydrogens is 222 g/mol. The number of nitrogens with one attached hydrogen (secondary N) is 1. The van der Waals surface area contributed by atoms with Gasteiger partial charge in [0.15, 0.2) is 0 Å². The van der Waals surface area contributed by atoms with Crippen LogP contribution >= 0.6 is 0 Å². The molecule has 0 radical (unpaired) electrons. The standard InChI is InChI=1S/C15H21N3/c1-3-4-6-11(2)18-14-9-8-13(16)15-12(14)7-5-10-17-15/h5,7-11,18H,3-4,6,16H2,1-2H3. The van der Waals surface area contributed by atoms with Gasteiger partial charge in [-0.2, -0.15) is 0 Å². The molecule has 0 aliphatic carbocycles. The molecule has 2 aromatic rings. The summed E-state index contributed by atoms with van der Waals surface area (Å²) in [6.45, 7) is 4.43. The van der Waals surface area contributed by atoms with Crippen molar-refractivity contribution in [2.75, 3.05) is 11.1 Å². The Kier molecular flexibility index (Phi) is 4.03.